The van der Waals surface area contributed by atoms with Crippen molar-refractivity contribution in [1.29, 1.82) is 0 Å². The number of aromatic nitrogens is 1. The van der Waals surface area contributed by atoms with E-state index in [1.54, 1.807) is 25.1 Å². The lowest BCUT2D eigenvalue weighted by Gasteiger charge is -2.12. The molecule has 0 aliphatic rings. The van der Waals surface area contributed by atoms with Crippen molar-refractivity contribution >= 4 is 41.1 Å². The Balaban J connectivity index is 1.70. The van der Waals surface area contributed by atoms with E-state index in [9.17, 15) is 9.59 Å². The molecule has 0 radical (unpaired) electrons. The van der Waals surface area contributed by atoms with Gasteiger partial charge < -0.3 is 14.6 Å². The van der Waals surface area contributed by atoms with Gasteiger partial charge in [-0.2, -0.15) is 0 Å². The van der Waals surface area contributed by atoms with Crippen LogP contribution < -0.4 is 5.32 Å². The summed E-state index contributed by atoms with van der Waals surface area (Å²) in [6.07, 6.45) is -0.705. The van der Waals surface area contributed by atoms with Crippen LogP contribution in [0.2, 0.25) is 5.02 Å². The minimum atomic E-state index is -0.907. The minimum Gasteiger partial charge on any atom is -0.453 e. The van der Waals surface area contributed by atoms with Crippen LogP contribution in [0.25, 0.3) is 0 Å². The molecule has 1 aromatic carbocycles. The van der Waals surface area contributed by atoms with E-state index in [1.807, 2.05) is 12.1 Å². The van der Waals surface area contributed by atoms with Gasteiger partial charge in [0.05, 0.1) is 6.42 Å². The topological polar surface area (TPSA) is 81.4 Å². The molecule has 1 N–H and O–H groups in total. The first-order valence-electron chi connectivity index (χ1n) is 7.26. The number of esters is 1. The number of halogens is 1. The molecule has 8 heteroatoms. The summed E-state index contributed by atoms with van der Waals surface area (Å²) in [5.41, 5.74) is 0. The molecule has 0 fully saturated rings. The van der Waals surface area contributed by atoms with Gasteiger partial charge in [-0.1, -0.05) is 16.8 Å². The van der Waals surface area contributed by atoms with E-state index in [-0.39, 0.29) is 6.42 Å². The number of hydrogen-bond donors (Lipinski definition) is 1. The number of nitrogens with one attached hydrogen (secondary N) is 1. The monoisotopic (exact) mass is 368 g/mol. The number of amides is 1. The van der Waals surface area contributed by atoms with E-state index in [2.05, 4.69) is 10.5 Å². The standard InChI is InChI=1S/C16H17ClN2O4S/c1-10-9-14(19-23-10)18-16(21)11(2)22-15(20)7-8-24-13-5-3-12(17)4-6-13/h3-6,9,11H,7-8H2,1-2H3,(H,18,19,21)/t11-/m1/s1. The van der Waals surface area contributed by atoms with Crippen LogP contribution in [0.4, 0.5) is 5.82 Å². The van der Waals surface area contributed by atoms with Gasteiger partial charge in [0.1, 0.15) is 5.76 Å². The molecule has 0 aliphatic heterocycles. The summed E-state index contributed by atoms with van der Waals surface area (Å²) < 4.78 is 9.95. The highest BCUT2D eigenvalue weighted by Crippen LogP contribution is 2.21. The highest BCUT2D eigenvalue weighted by atomic mass is 35.5. The van der Waals surface area contributed by atoms with Crippen molar-refractivity contribution < 1.29 is 18.8 Å². The zero-order valence-corrected chi connectivity index (χ0v) is 14.8. The molecule has 0 spiro atoms. The fourth-order valence-electron chi connectivity index (χ4n) is 1.75. The zero-order valence-electron chi connectivity index (χ0n) is 13.2. The average molecular weight is 369 g/mol. The highest BCUT2D eigenvalue weighted by Gasteiger charge is 2.18. The number of benzene rings is 1. The van der Waals surface area contributed by atoms with Crippen LogP contribution in [0, 0.1) is 6.92 Å². The summed E-state index contributed by atoms with van der Waals surface area (Å²) in [6.45, 7) is 3.22. The summed E-state index contributed by atoms with van der Waals surface area (Å²) in [6, 6.07) is 8.93. The van der Waals surface area contributed by atoms with Crippen LogP contribution >= 0.6 is 23.4 Å². The Kier molecular flexibility index (Phi) is 6.69. The van der Waals surface area contributed by atoms with E-state index in [1.165, 1.54) is 18.7 Å². The molecule has 2 rings (SSSR count). The third-order valence-electron chi connectivity index (χ3n) is 2.95. The van der Waals surface area contributed by atoms with Crippen molar-refractivity contribution in [3.05, 3.63) is 41.1 Å². The van der Waals surface area contributed by atoms with Gasteiger partial charge in [0.15, 0.2) is 11.9 Å². The lowest BCUT2D eigenvalue weighted by Crippen LogP contribution is -2.30. The van der Waals surface area contributed by atoms with Gasteiger partial charge >= 0.3 is 5.97 Å². The van der Waals surface area contributed by atoms with Crippen molar-refractivity contribution in [1.82, 2.24) is 5.16 Å². The second-order valence-electron chi connectivity index (χ2n) is 5.00. The molecule has 2 aromatic rings. The number of carbonyl (C=O) groups excluding carboxylic acids is 2. The zero-order chi connectivity index (χ0) is 17.5. The maximum atomic E-state index is 11.9. The Labute approximate surface area is 148 Å². The second kappa shape index (κ2) is 8.75. The van der Waals surface area contributed by atoms with Crippen LogP contribution in [-0.2, 0) is 14.3 Å². The van der Waals surface area contributed by atoms with Crippen LogP contribution in [-0.4, -0.2) is 28.9 Å². The molecule has 0 aliphatic carbocycles. The quantitative estimate of drug-likeness (QED) is 0.593. The Morgan fingerprint density at radius 1 is 1.38 bits per heavy atom. The van der Waals surface area contributed by atoms with E-state index < -0.39 is 18.0 Å². The summed E-state index contributed by atoms with van der Waals surface area (Å²) in [5, 5.41) is 6.83. The summed E-state index contributed by atoms with van der Waals surface area (Å²) >= 11 is 7.33. The average Bonchev–Trinajstić information content (AvgIpc) is 2.94. The maximum absolute atomic E-state index is 11.9. The molecule has 0 saturated heterocycles. The third kappa shape index (κ3) is 5.90. The second-order valence-corrected chi connectivity index (χ2v) is 6.60. The number of carbonyl (C=O) groups is 2. The number of ether oxygens (including phenoxy) is 1. The highest BCUT2D eigenvalue weighted by molar-refractivity contribution is 7.99. The molecule has 1 heterocycles. The SMILES string of the molecule is Cc1cc(NC(=O)[C@@H](C)OC(=O)CCSc2ccc(Cl)cc2)no1. The molecule has 0 saturated carbocycles. The van der Waals surface area contributed by atoms with E-state index in [0.717, 1.165) is 4.90 Å². The number of aryl methyl sites for hydroxylation is 1. The Morgan fingerprint density at radius 2 is 2.08 bits per heavy atom. The smallest absolute Gasteiger partial charge is 0.307 e. The molecular formula is C16H17ClN2O4S. The molecule has 24 heavy (non-hydrogen) atoms. The minimum absolute atomic E-state index is 0.202. The number of rotatable bonds is 7. The van der Waals surface area contributed by atoms with Crippen LogP contribution in [0.5, 0.6) is 0 Å². The molecule has 1 atom stereocenters. The normalized spacial score (nSPS) is 11.8. The molecule has 128 valence electrons. The van der Waals surface area contributed by atoms with Crippen LogP contribution in [0.3, 0.4) is 0 Å². The number of nitrogens with zero attached hydrogens (tertiary/aromatic N) is 1. The van der Waals surface area contributed by atoms with Gasteiger partial charge in [0, 0.05) is 21.7 Å². The van der Waals surface area contributed by atoms with Gasteiger partial charge in [0.25, 0.3) is 5.91 Å². The Hall–Kier alpha value is -1.99. The van der Waals surface area contributed by atoms with Crippen molar-refractivity contribution in [2.24, 2.45) is 0 Å². The first-order valence-corrected chi connectivity index (χ1v) is 8.62. The van der Waals surface area contributed by atoms with Gasteiger partial charge in [-0.15, -0.1) is 11.8 Å². The predicted octanol–water partition coefficient (Wildman–Crippen LogP) is 3.69. The first kappa shape index (κ1) is 18.4. The third-order valence-corrected chi connectivity index (χ3v) is 4.21. The van der Waals surface area contributed by atoms with Crippen molar-refractivity contribution in [2.75, 3.05) is 11.1 Å². The van der Waals surface area contributed by atoms with Crippen molar-refractivity contribution in [2.45, 2.75) is 31.3 Å². The molecule has 0 unspecified atom stereocenters. The maximum Gasteiger partial charge on any atom is 0.307 e. The Bertz CT molecular complexity index is 702. The molecule has 1 aromatic heterocycles. The molecular weight excluding hydrogens is 352 g/mol. The predicted molar refractivity (Wildman–Crippen MR) is 92.2 cm³/mol. The number of anilines is 1. The molecule has 6 nitrogen and oxygen atoms in total. The van der Waals surface area contributed by atoms with E-state index in [4.69, 9.17) is 20.9 Å². The molecule has 1 amide bonds. The lowest BCUT2D eigenvalue weighted by atomic mass is 10.3. The lowest BCUT2D eigenvalue weighted by molar-refractivity contribution is -0.152. The first-order chi connectivity index (χ1) is 11.4. The largest absolute Gasteiger partial charge is 0.453 e. The fraction of sp³-hybridized carbons (Fsp3) is 0.312. The summed E-state index contributed by atoms with van der Waals surface area (Å²) in [5.74, 6) is 0.530. The van der Waals surface area contributed by atoms with E-state index in [0.29, 0.717) is 22.4 Å². The van der Waals surface area contributed by atoms with Crippen LogP contribution in [0.15, 0.2) is 39.8 Å². The summed E-state index contributed by atoms with van der Waals surface area (Å²) in [4.78, 5) is 24.7. The van der Waals surface area contributed by atoms with E-state index >= 15 is 0 Å². The Morgan fingerprint density at radius 3 is 2.71 bits per heavy atom. The van der Waals surface area contributed by atoms with Crippen molar-refractivity contribution in [3.8, 4) is 0 Å². The fourth-order valence-corrected chi connectivity index (χ4v) is 2.70. The summed E-state index contributed by atoms with van der Waals surface area (Å²) in [7, 11) is 0. The van der Waals surface area contributed by atoms with Crippen molar-refractivity contribution in [3.63, 3.8) is 0 Å². The van der Waals surface area contributed by atoms with Gasteiger partial charge in [-0.3, -0.25) is 9.59 Å². The van der Waals surface area contributed by atoms with Crippen LogP contribution in [0.1, 0.15) is 19.1 Å². The number of thioether (sulfide) groups is 1. The van der Waals surface area contributed by atoms with Gasteiger partial charge in [0.2, 0.25) is 0 Å². The van der Waals surface area contributed by atoms with Gasteiger partial charge in [-0.25, -0.2) is 0 Å². The molecule has 0 bridgehead atoms. The van der Waals surface area contributed by atoms with Gasteiger partial charge in [-0.05, 0) is 38.1 Å². The number of hydrogen-bond acceptors (Lipinski definition) is 6.